The Morgan fingerprint density at radius 3 is 1.02 bits per heavy atom. The molecular weight excluding hydrogens is 648 g/mol. The first-order valence-corrected chi connectivity index (χ1v) is 17.1. The summed E-state index contributed by atoms with van der Waals surface area (Å²) in [5, 5.41) is 0. The van der Waals surface area contributed by atoms with E-state index in [1.165, 1.54) is 9.80 Å². The van der Waals surface area contributed by atoms with Crippen LogP contribution in [0, 0.1) is 0 Å². The number of rotatable bonds is 8. The lowest BCUT2D eigenvalue weighted by Crippen LogP contribution is -2.38. The van der Waals surface area contributed by atoms with Crippen molar-refractivity contribution in [1.82, 2.24) is 19.6 Å². The van der Waals surface area contributed by atoms with Gasteiger partial charge in [-0.3, -0.25) is 38.6 Å². The Hall–Kier alpha value is -4.50. The van der Waals surface area contributed by atoms with E-state index in [4.69, 9.17) is 18.9 Å². The monoisotopic (exact) mass is 692 g/mol. The molecule has 50 heavy (non-hydrogen) atoms. The summed E-state index contributed by atoms with van der Waals surface area (Å²) in [7, 11) is 0. The van der Waals surface area contributed by atoms with Crippen molar-refractivity contribution in [2.24, 2.45) is 0 Å². The third-order valence-electron chi connectivity index (χ3n) is 8.77. The summed E-state index contributed by atoms with van der Waals surface area (Å²) in [5.74, 6) is -1.59. The largest absolute Gasteiger partial charge is 0.377 e. The Balaban J connectivity index is 1.01. The van der Waals surface area contributed by atoms with E-state index >= 15 is 0 Å². The van der Waals surface area contributed by atoms with Gasteiger partial charge in [0.25, 0.3) is 23.6 Å². The third-order valence-corrected chi connectivity index (χ3v) is 8.77. The molecule has 0 aliphatic carbocycles. The molecule has 14 nitrogen and oxygen atoms in total. The lowest BCUT2D eigenvalue weighted by molar-refractivity contribution is -0.134. The molecule has 1 saturated heterocycles. The molecule has 2 aromatic carbocycles. The van der Waals surface area contributed by atoms with Crippen LogP contribution in [0.25, 0.3) is 0 Å². The van der Waals surface area contributed by atoms with Crippen LogP contribution >= 0.6 is 0 Å². The number of fused-ring (bicyclic) bond motifs is 2. The van der Waals surface area contributed by atoms with Crippen LogP contribution in [0.2, 0.25) is 0 Å². The zero-order valence-corrected chi connectivity index (χ0v) is 28.2. The van der Waals surface area contributed by atoms with Gasteiger partial charge in [0, 0.05) is 52.1 Å². The first-order valence-electron chi connectivity index (χ1n) is 17.1. The van der Waals surface area contributed by atoms with E-state index in [1.54, 1.807) is 58.3 Å². The number of carbonyl (C=O) groups is 6. The fraction of sp³-hybridized carbons (Fsp3) is 0.500. The molecule has 0 bridgehead atoms. The molecule has 3 aliphatic rings. The van der Waals surface area contributed by atoms with E-state index in [0.29, 0.717) is 87.7 Å². The van der Waals surface area contributed by atoms with E-state index in [2.05, 4.69) is 0 Å². The van der Waals surface area contributed by atoms with Crippen molar-refractivity contribution in [2.75, 3.05) is 92.1 Å². The molecule has 0 spiro atoms. The van der Waals surface area contributed by atoms with Crippen LogP contribution in [0.5, 0.6) is 0 Å². The third kappa shape index (κ3) is 9.38. The maximum absolute atomic E-state index is 13.1. The fourth-order valence-corrected chi connectivity index (χ4v) is 6.04. The van der Waals surface area contributed by atoms with E-state index < -0.39 is 0 Å². The molecule has 14 heteroatoms. The average molecular weight is 693 g/mol. The van der Waals surface area contributed by atoms with Gasteiger partial charge in [-0.2, -0.15) is 0 Å². The standard InChI is InChI=1S/C36H44N4O10/c41-31(11-5-13-39-33(43)27-7-1-2-8-28(27)34(39)44)37-15-19-47-23-25-49-21-17-38(18-22-50-26-24-48-20-16-37)32(42)12-6-14-40-35(45)29-9-3-4-10-30(29)36(40)46/h1-4,7-10H,5-6,11-26H2. The van der Waals surface area contributed by atoms with Gasteiger partial charge in [-0.25, -0.2) is 0 Å². The van der Waals surface area contributed by atoms with E-state index in [9.17, 15) is 28.8 Å². The number of amides is 6. The first kappa shape index (κ1) is 36.8. The van der Waals surface area contributed by atoms with Gasteiger partial charge >= 0.3 is 0 Å². The molecule has 3 heterocycles. The second kappa shape index (κ2) is 18.5. The maximum Gasteiger partial charge on any atom is 0.261 e. The summed E-state index contributed by atoms with van der Waals surface area (Å²) in [4.78, 5) is 82.4. The lowest BCUT2D eigenvalue weighted by Gasteiger charge is -2.24. The van der Waals surface area contributed by atoms with Gasteiger partial charge in [0.05, 0.1) is 75.1 Å². The van der Waals surface area contributed by atoms with Crippen molar-refractivity contribution < 1.29 is 47.7 Å². The van der Waals surface area contributed by atoms with Gasteiger partial charge < -0.3 is 28.7 Å². The Morgan fingerprint density at radius 2 is 0.740 bits per heavy atom. The van der Waals surface area contributed by atoms with Crippen molar-refractivity contribution in [3.05, 3.63) is 70.8 Å². The molecule has 0 N–H and O–H groups in total. The molecule has 6 amide bonds. The summed E-state index contributed by atoms with van der Waals surface area (Å²) >= 11 is 0. The second-order valence-electron chi connectivity index (χ2n) is 12.0. The van der Waals surface area contributed by atoms with Gasteiger partial charge in [0.1, 0.15) is 0 Å². The summed E-state index contributed by atoms with van der Waals surface area (Å²) in [5.41, 5.74) is 1.55. The van der Waals surface area contributed by atoms with Gasteiger partial charge in [-0.1, -0.05) is 24.3 Å². The van der Waals surface area contributed by atoms with Gasteiger partial charge in [0.2, 0.25) is 11.8 Å². The van der Waals surface area contributed by atoms with E-state index in [0.717, 1.165) is 0 Å². The molecule has 3 aliphatic heterocycles. The molecule has 0 atom stereocenters. The summed E-state index contributed by atoms with van der Waals surface area (Å²) < 4.78 is 22.8. The Kier molecular flexibility index (Phi) is 13.6. The Labute approximate surface area is 291 Å². The highest BCUT2D eigenvalue weighted by molar-refractivity contribution is 6.22. The number of ether oxygens (including phenoxy) is 4. The average Bonchev–Trinajstić information content (AvgIpc) is 3.51. The Bertz CT molecular complexity index is 1340. The molecule has 0 unspecified atom stereocenters. The van der Waals surface area contributed by atoms with Crippen LogP contribution in [0.1, 0.15) is 67.1 Å². The second-order valence-corrected chi connectivity index (χ2v) is 12.0. The highest BCUT2D eigenvalue weighted by atomic mass is 16.5. The Morgan fingerprint density at radius 1 is 0.460 bits per heavy atom. The minimum atomic E-state index is -0.336. The number of hydrogen-bond donors (Lipinski definition) is 0. The van der Waals surface area contributed by atoms with Crippen LogP contribution in [-0.4, -0.2) is 147 Å². The first-order chi connectivity index (χ1) is 24.4. The van der Waals surface area contributed by atoms with Crippen LogP contribution in [-0.2, 0) is 28.5 Å². The normalized spacial score (nSPS) is 18.6. The maximum atomic E-state index is 13.1. The summed E-state index contributed by atoms with van der Waals surface area (Å²) in [6, 6.07) is 13.4. The van der Waals surface area contributed by atoms with E-state index in [1.807, 2.05) is 0 Å². The van der Waals surface area contributed by atoms with Crippen LogP contribution in [0.15, 0.2) is 48.5 Å². The highest BCUT2D eigenvalue weighted by Crippen LogP contribution is 2.24. The van der Waals surface area contributed by atoms with Crippen LogP contribution in [0.4, 0.5) is 0 Å². The summed E-state index contributed by atoms with van der Waals surface area (Å²) in [6.45, 7) is 4.04. The van der Waals surface area contributed by atoms with Gasteiger partial charge in [-0.05, 0) is 37.1 Å². The molecule has 0 saturated carbocycles. The summed E-state index contributed by atoms with van der Waals surface area (Å²) in [6.07, 6.45) is 1.02. The van der Waals surface area contributed by atoms with Crippen molar-refractivity contribution in [3.8, 4) is 0 Å². The molecule has 2 aromatic rings. The van der Waals surface area contributed by atoms with Gasteiger partial charge in [-0.15, -0.1) is 0 Å². The zero-order chi connectivity index (χ0) is 35.3. The van der Waals surface area contributed by atoms with Crippen molar-refractivity contribution >= 4 is 35.4 Å². The van der Waals surface area contributed by atoms with Crippen LogP contribution in [0.3, 0.4) is 0 Å². The number of nitrogens with zero attached hydrogens (tertiary/aromatic N) is 4. The highest BCUT2D eigenvalue weighted by Gasteiger charge is 2.36. The predicted octanol–water partition coefficient (Wildman–Crippen LogP) is 1.88. The minimum Gasteiger partial charge on any atom is -0.377 e. The molecule has 5 rings (SSSR count). The lowest BCUT2D eigenvalue weighted by atomic mass is 10.1. The van der Waals surface area contributed by atoms with Crippen molar-refractivity contribution in [2.45, 2.75) is 25.7 Å². The number of carbonyl (C=O) groups excluding carboxylic acids is 6. The molecule has 0 aromatic heterocycles. The minimum absolute atomic E-state index is 0.121. The quantitative estimate of drug-likeness (QED) is 0.375. The van der Waals surface area contributed by atoms with Crippen molar-refractivity contribution in [1.29, 1.82) is 0 Å². The fourth-order valence-electron chi connectivity index (χ4n) is 6.04. The molecule has 0 radical (unpaired) electrons. The number of hydrogen-bond acceptors (Lipinski definition) is 10. The molecule has 1 fully saturated rings. The molecular formula is C36H44N4O10. The smallest absolute Gasteiger partial charge is 0.261 e. The number of benzene rings is 2. The molecule has 268 valence electrons. The topological polar surface area (TPSA) is 152 Å². The van der Waals surface area contributed by atoms with Crippen LogP contribution < -0.4 is 0 Å². The van der Waals surface area contributed by atoms with E-state index in [-0.39, 0.29) is 87.8 Å². The number of imide groups is 2. The van der Waals surface area contributed by atoms with Crippen molar-refractivity contribution in [3.63, 3.8) is 0 Å². The zero-order valence-electron chi connectivity index (χ0n) is 28.2. The van der Waals surface area contributed by atoms with Gasteiger partial charge in [0.15, 0.2) is 0 Å². The SMILES string of the molecule is O=C(CCCN1C(=O)c2ccccc2C1=O)N1CCOCCOCCN(C(=O)CCCN2C(=O)c3ccccc3C2=O)CCOCCOCC1. The predicted molar refractivity (Wildman–Crippen MR) is 179 cm³/mol.